The Kier molecular flexibility index (Phi) is 8.07. The summed E-state index contributed by atoms with van der Waals surface area (Å²) in [4.78, 5) is 25.1. The molecule has 6 nitrogen and oxygen atoms in total. The first-order valence-electron chi connectivity index (χ1n) is 10.2. The number of ether oxygens (including phenoxy) is 1. The summed E-state index contributed by atoms with van der Waals surface area (Å²) in [5.41, 5.74) is 0.619. The molecule has 1 saturated carbocycles. The molecule has 1 aromatic heterocycles. The minimum Gasteiger partial charge on any atom is -0.465 e. The van der Waals surface area contributed by atoms with Crippen LogP contribution in [-0.4, -0.2) is 31.1 Å². The van der Waals surface area contributed by atoms with Gasteiger partial charge in [-0.3, -0.25) is 9.59 Å². The van der Waals surface area contributed by atoms with Gasteiger partial charge in [0, 0.05) is 24.8 Å². The third-order valence-corrected chi connectivity index (χ3v) is 4.87. The van der Waals surface area contributed by atoms with Gasteiger partial charge >= 0.3 is 0 Å². The van der Waals surface area contributed by atoms with E-state index in [1.54, 1.807) is 36.4 Å². The number of rotatable bonds is 9. The lowest BCUT2D eigenvalue weighted by Gasteiger charge is -2.22. The number of hydrogen-bond acceptors (Lipinski definition) is 4. The topological polar surface area (TPSA) is 80.6 Å². The summed E-state index contributed by atoms with van der Waals surface area (Å²) in [5.74, 6) is -0.216. The van der Waals surface area contributed by atoms with E-state index in [0.717, 1.165) is 19.3 Å². The van der Waals surface area contributed by atoms with Crippen LogP contribution in [0, 0.1) is 0 Å². The van der Waals surface area contributed by atoms with Crippen LogP contribution in [0.4, 0.5) is 0 Å². The summed E-state index contributed by atoms with van der Waals surface area (Å²) < 4.78 is 11.2. The highest BCUT2D eigenvalue weighted by molar-refractivity contribution is 6.05. The van der Waals surface area contributed by atoms with E-state index in [1.807, 2.05) is 6.07 Å². The van der Waals surface area contributed by atoms with Crippen LogP contribution >= 0.6 is 0 Å². The van der Waals surface area contributed by atoms with Gasteiger partial charge in [0.05, 0.1) is 12.4 Å². The Morgan fingerprint density at radius 3 is 2.59 bits per heavy atom. The summed E-state index contributed by atoms with van der Waals surface area (Å²) in [6, 6.07) is 12.2. The van der Waals surface area contributed by atoms with E-state index in [-0.39, 0.29) is 17.5 Å². The van der Waals surface area contributed by atoms with Crippen LogP contribution < -0.4 is 10.6 Å². The van der Waals surface area contributed by atoms with E-state index in [0.29, 0.717) is 30.6 Å². The van der Waals surface area contributed by atoms with E-state index >= 15 is 0 Å². The Labute approximate surface area is 171 Å². The van der Waals surface area contributed by atoms with Crippen LogP contribution in [0.25, 0.3) is 6.08 Å². The molecule has 2 amide bonds. The number of carbonyl (C=O) groups excluding carboxylic acids is 2. The van der Waals surface area contributed by atoms with E-state index in [1.165, 1.54) is 31.6 Å². The predicted molar refractivity (Wildman–Crippen MR) is 111 cm³/mol. The van der Waals surface area contributed by atoms with Crippen LogP contribution in [0.5, 0.6) is 0 Å². The Balaban J connectivity index is 1.51. The molecule has 0 saturated heterocycles. The molecule has 0 bridgehead atoms. The molecule has 1 aromatic carbocycles. The Bertz CT molecular complexity index is 794. The standard InChI is InChI=1S/C23H28N2O4/c26-22(18-9-3-1-4-10-18)25-21(17-20-13-7-15-29-20)23(27)24-14-8-16-28-19-11-5-2-6-12-19/h1,3-4,7,9-10,13,15,17,19H,2,5-6,8,11-12,14,16H2,(H,24,27)(H,25,26)/b21-17-. The third-order valence-electron chi connectivity index (χ3n) is 4.87. The van der Waals surface area contributed by atoms with Gasteiger partial charge in [-0.05, 0) is 43.5 Å². The third kappa shape index (κ3) is 6.91. The van der Waals surface area contributed by atoms with E-state index < -0.39 is 0 Å². The maximum Gasteiger partial charge on any atom is 0.267 e. The monoisotopic (exact) mass is 396 g/mol. The maximum atomic E-state index is 12.6. The fraction of sp³-hybridized carbons (Fsp3) is 0.391. The molecule has 154 valence electrons. The molecule has 1 aliphatic rings. The highest BCUT2D eigenvalue weighted by atomic mass is 16.5. The normalized spacial score (nSPS) is 15.1. The summed E-state index contributed by atoms with van der Waals surface area (Å²) in [5, 5.41) is 5.53. The average Bonchev–Trinajstić information content (AvgIpc) is 3.27. The minimum absolute atomic E-state index is 0.141. The van der Waals surface area contributed by atoms with Crippen molar-refractivity contribution in [2.24, 2.45) is 0 Å². The second-order valence-corrected chi connectivity index (χ2v) is 7.13. The summed E-state index contributed by atoms with van der Waals surface area (Å²) in [6.45, 7) is 1.10. The Morgan fingerprint density at radius 1 is 1.07 bits per heavy atom. The van der Waals surface area contributed by atoms with Crippen LogP contribution in [0.15, 0.2) is 58.8 Å². The molecule has 1 aliphatic carbocycles. The fourth-order valence-electron chi connectivity index (χ4n) is 3.31. The first-order valence-corrected chi connectivity index (χ1v) is 10.2. The van der Waals surface area contributed by atoms with Crippen molar-refractivity contribution in [2.45, 2.75) is 44.6 Å². The summed E-state index contributed by atoms with van der Waals surface area (Å²) >= 11 is 0. The van der Waals surface area contributed by atoms with Crippen molar-refractivity contribution in [1.82, 2.24) is 10.6 Å². The van der Waals surface area contributed by atoms with Crippen molar-refractivity contribution in [3.05, 3.63) is 65.7 Å². The first kappa shape index (κ1) is 20.9. The molecule has 29 heavy (non-hydrogen) atoms. The highest BCUT2D eigenvalue weighted by Gasteiger charge is 2.16. The second-order valence-electron chi connectivity index (χ2n) is 7.13. The molecular formula is C23H28N2O4. The SMILES string of the molecule is O=C(NCCCOC1CCCCC1)/C(=C/c1ccco1)NC(=O)c1ccccc1. The van der Waals surface area contributed by atoms with Gasteiger partial charge in [-0.1, -0.05) is 37.5 Å². The Morgan fingerprint density at radius 2 is 1.86 bits per heavy atom. The van der Waals surface area contributed by atoms with Gasteiger partial charge in [0.15, 0.2) is 0 Å². The molecule has 0 spiro atoms. The van der Waals surface area contributed by atoms with Gasteiger partial charge in [-0.15, -0.1) is 0 Å². The second kappa shape index (κ2) is 11.2. The molecule has 0 radical (unpaired) electrons. The van der Waals surface area contributed by atoms with Crippen molar-refractivity contribution < 1.29 is 18.7 Å². The number of furan rings is 1. The lowest BCUT2D eigenvalue weighted by molar-refractivity contribution is -0.117. The van der Waals surface area contributed by atoms with Gasteiger partial charge < -0.3 is 19.8 Å². The highest BCUT2D eigenvalue weighted by Crippen LogP contribution is 2.20. The predicted octanol–water partition coefficient (Wildman–Crippen LogP) is 3.91. The van der Waals surface area contributed by atoms with Gasteiger partial charge in [0.1, 0.15) is 11.5 Å². The molecular weight excluding hydrogens is 368 g/mol. The van der Waals surface area contributed by atoms with Crippen LogP contribution in [0.3, 0.4) is 0 Å². The number of benzene rings is 1. The van der Waals surface area contributed by atoms with Crippen molar-refractivity contribution >= 4 is 17.9 Å². The van der Waals surface area contributed by atoms with Crippen molar-refractivity contribution in [3.63, 3.8) is 0 Å². The van der Waals surface area contributed by atoms with Gasteiger partial charge in [0.25, 0.3) is 11.8 Å². The molecule has 0 atom stereocenters. The number of hydrogen-bond donors (Lipinski definition) is 2. The van der Waals surface area contributed by atoms with E-state index in [2.05, 4.69) is 10.6 Å². The lowest BCUT2D eigenvalue weighted by Crippen LogP contribution is -2.35. The summed E-state index contributed by atoms with van der Waals surface area (Å²) in [7, 11) is 0. The van der Waals surface area contributed by atoms with Crippen molar-refractivity contribution in [1.29, 1.82) is 0 Å². The lowest BCUT2D eigenvalue weighted by atomic mass is 9.98. The van der Waals surface area contributed by atoms with Gasteiger partial charge in [-0.25, -0.2) is 0 Å². The minimum atomic E-state index is -0.358. The smallest absolute Gasteiger partial charge is 0.267 e. The molecule has 0 unspecified atom stereocenters. The largest absolute Gasteiger partial charge is 0.465 e. The maximum absolute atomic E-state index is 12.6. The zero-order valence-corrected chi connectivity index (χ0v) is 16.6. The average molecular weight is 396 g/mol. The Hall–Kier alpha value is -2.86. The number of carbonyl (C=O) groups is 2. The molecule has 2 N–H and O–H groups in total. The number of amides is 2. The van der Waals surface area contributed by atoms with Crippen LogP contribution in [-0.2, 0) is 9.53 Å². The molecule has 2 aromatic rings. The van der Waals surface area contributed by atoms with Crippen LogP contribution in [0.1, 0.15) is 54.6 Å². The molecule has 0 aliphatic heterocycles. The first-order chi connectivity index (χ1) is 14.2. The van der Waals surface area contributed by atoms with E-state index in [4.69, 9.17) is 9.15 Å². The van der Waals surface area contributed by atoms with Gasteiger partial charge in [-0.2, -0.15) is 0 Å². The molecule has 1 heterocycles. The quantitative estimate of drug-likeness (QED) is 0.497. The van der Waals surface area contributed by atoms with Crippen molar-refractivity contribution in [2.75, 3.05) is 13.2 Å². The van der Waals surface area contributed by atoms with Crippen LogP contribution in [0.2, 0.25) is 0 Å². The van der Waals surface area contributed by atoms with Crippen molar-refractivity contribution in [3.8, 4) is 0 Å². The summed E-state index contributed by atoms with van der Waals surface area (Å²) in [6.07, 6.45) is 10.2. The number of nitrogens with one attached hydrogen (secondary N) is 2. The molecule has 1 fully saturated rings. The zero-order chi connectivity index (χ0) is 20.3. The zero-order valence-electron chi connectivity index (χ0n) is 16.6. The molecule has 6 heteroatoms. The van der Waals surface area contributed by atoms with Gasteiger partial charge in [0.2, 0.25) is 0 Å². The molecule has 3 rings (SSSR count). The van der Waals surface area contributed by atoms with E-state index in [9.17, 15) is 9.59 Å². The fourth-order valence-corrected chi connectivity index (χ4v) is 3.31.